The number of carbonyl (C=O) groups is 5. The number of aromatic hydroxyl groups is 1. The molecule has 4 amide bonds. The number of carboxylic acids is 1. The standard InChI is InChI=1S/C29H30N8O8S/c1-29(2)21(27(44)45)37-25(43)19(26(37)46-29)33-24(42)18(14-3-5-15(39)6-4-14)32-23(41)17-12-30-22-16(20(17)40)11-31-28(34-22)36-9-7-35(13-38)8-10-36/h3-6,11-13,18-19,21,26,39H,7-10H2,1-2H3,(H,32,41)(H,33,42)(H,44,45)(H,30,31,34,40). The average molecular weight is 651 g/mol. The summed E-state index contributed by atoms with van der Waals surface area (Å²) in [6.45, 7) is 5.45. The van der Waals surface area contributed by atoms with E-state index in [4.69, 9.17) is 0 Å². The van der Waals surface area contributed by atoms with Crippen LogP contribution in [0.1, 0.15) is 35.8 Å². The first kappa shape index (κ1) is 30.8. The van der Waals surface area contributed by atoms with E-state index in [0.29, 0.717) is 32.1 Å². The van der Waals surface area contributed by atoms with E-state index < -0.39 is 57.4 Å². The molecule has 16 nitrogen and oxygen atoms in total. The Morgan fingerprint density at radius 3 is 2.48 bits per heavy atom. The normalized spacial score (nSPS) is 22.5. The van der Waals surface area contributed by atoms with E-state index in [1.165, 1.54) is 53.3 Å². The lowest BCUT2D eigenvalue weighted by Crippen LogP contribution is -2.71. The first-order valence-corrected chi connectivity index (χ1v) is 15.2. The molecular formula is C29H30N8O8S. The molecule has 240 valence electrons. The zero-order valence-corrected chi connectivity index (χ0v) is 25.5. The number of nitrogens with one attached hydrogen (secondary N) is 3. The van der Waals surface area contributed by atoms with Crippen LogP contribution in [0.3, 0.4) is 0 Å². The number of piperazine rings is 1. The zero-order valence-electron chi connectivity index (χ0n) is 24.7. The van der Waals surface area contributed by atoms with Crippen molar-refractivity contribution in [3.63, 3.8) is 0 Å². The summed E-state index contributed by atoms with van der Waals surface area (Å²) in [4.78, 5) is 92.6. The van der Waals surface area contributed by atoms with Gasteiger partial charge in [-0.3, -0.25) is 24.0 Å². The fourth-order valence-electron chi connectivity index (χ4n) is 5.91. The largest absolute Gasteiger partial charge is 0.508 e. The van der Waals surface area contributed by atoms with E-state index >= 15 is 0 Å². The van der Waals surface area contributed by atoms with Gasteiger partial charge in [-0.05, 0) is 31.5 Å². The minimum Gasteiger partial charge on any atom is -0.508 e. The first-order valence-electron chi connectivity index (χ1n) is 14.4. The molecule has 0 bridgehead atoms. The van der Waals surface area contributed by atoms with Crippen LogP contribution in [0.2, 0.25) is 0 Å². The molecule has 5 heterocycles. The number of hydrogen-bond donors (Lipinski definition) is 5. The van der Waals surface area contributed by atoms with Crippen molar-refractivity contribution in [1.29, 1.82) is 0 Å². The van der Waals surface area contributed by atoms with Crippen molar-refractivity contribution >= 4 is 58.8 Å². The van der Waals surface area contributed by atoms with E-state index in [-0.39, 0.29) is 27.9 Å². The number of rotatable bonds is 8. The number of aromatic amines is 1. The number of amides is 4. The number of carboxylic acid groups (broad SMARTS) is 1. The lowest BCUT2D eigenvalue weighted by atomic mass is 9.95. The SMILES string of the molecule is CC1(C)SC2C(NC(=O)C(NC(=O)c3c[nH]c4nc(N5CCN(C=O)CC5)ncc4c3=O)c3ccc(O)cc3)C(=O)N2C1C(=O)O. The van der Waals surface area contributed by atoms with Gasteiger partial charge in [0.1, 0.15) is 40.5 Å². The van der Waals surface area contributed by atoms with Gasteiger partial charge in [-0.1, -0.05) is 12.1 Å². The third kappa shape index (κ3) is 5.35. The van der Waals surface area contributed by atoms with Gasteiger partial charge in [0.2, 0.25) is 29.6 Å². The number of carbonyl (C=O) groups excluding carboxylic acids is 4. The van der Waals surface area contributed by atoms with Crippen molar-refractivity contribution < 1.29 is 34.2 Å². The van der Waals surface area contributed by atoms with Crippen LogP contribution in [0.25, 0.3) is 11.0 Å². The molecule has 0 spiro atoms. The van der Waals surface area contributed by atoms with Crippen LogP contribution in [0.5, 0.6) is 5.75 Å². The highest BCUT2D eigenvalue weighted by Gasteiger charge is 2.64. The molecule has 6 rings (SSSR count). The number of aromatic nitrogens is 3. The molecule has 17 heteroatoms. The number of phenolic OH excluding ortho intramolecular Hbond substituents is 1. The Balaban J connectivity index is 1.22. The van der Waals surface area contributed by atoms with E-state index in [0.717, 1.165) is 6.41 Å². The van der Waals surface area contributed by atoms with Crippen molar-refractivity contribution in [3.05, 3.63) is 58.0 Å². The van der Waals surface area contributed by atoms with Crippen LogP contribution in [0.15, 0.2) is 41.5 Å². The smallest absolute Gasteiger partial charge is 0.327 e. The zero-order chi connectivity index (χ0) is 32.9. The number of nitrogens with zero attached hydrogens (tertiary/aromatic N) is 5. The quantitative estimate of drug-likeness (QED) is 0.153. The highest BCUT2D eigenvalue weighted by atomic mass is 32.2. The molecule has 4 unspecified atom stereocenters. The number of benzene rings is 1. The third-order valence-electron chi connectivity index (χ3n) is 8.35. The number of β-lactam (4-membered cyclic amide) rings is 1. The number of aliphatic carboxylic acids is 1. The molecule has 3 aliphatic heterocycles. The maximum atomic E-state index is 13.6. The second-order valence-corrected chi connectivity index (χ2v) is 13.4. The van der Waals surface area contributed by atoms with Crippen LogP contribution in [-0.4, -0.2) is 113 Å². The van der Waals surface area contributed by atoms with Gasteiger partial charge in [0.25, 0.3) is 5.91 Å². The Bertz CT molecular complexity index is 1810. The second-order valence-electron chi connectivity index (χ2n) is 11.7. The molecule has 3 aromatic rings. The minimum atomic E-state index is -1.39. The fourth-order valence-corrected chi connectivity index (χ4v) is 7.53. The summed E-state index contributed by atoms with van der Waals surface area (Å²) < 4.78 is -0.802. The Hall–Kier alpha value is -5.19. The topological polar surface area (TPSA) is 218 Å². The molecule has 5 N–H and O–H groups in total. The highest BCUT2D eigenvalue weighted by Crippen LogP contribution is 2.50. The molecule has 46 heavy (non-hydrogen) atoms. The van der Waals surface area contributed by atoms with Crippen LogP contribution in [-0.2, 0) is 19.2 Å². The van der Waals surface area contributed by atoms with Gasteiger partial charge >= 0.3 is 5.97 Å². The predicted octanol–water partition coefficient (Wildman–Crippen LogP) is -0.595. The number of phenols is 1. The number of anilines is 1. The molecule has 3 aliphatic rings. The number of hydrogen-bond acceptors (Lipinski definition) is 11. The molecule has 0 radical (unpaired) electrons. The minimum absolute atomic E-state index is 0.0441. The van der Waals surface area contributed by atoms with Crippen molar-refractivity contribution in [2.45, 2.75) is 42.1 Å². The maximum Gasteiger partial charge on any atom is 0.327 e. The third-order valence-corrected chi connectivity index (χ3v) is 9.92. The molecule has 4 atom stereocenters. The van der Waals surface area contributed by atoms with Crippen molar-refractivity contribution in [1.82, 2.24) is 35.4 Å². The summed E-state index contributed by atoms with van der Waals surface area (Å²) in [5.41, 5.74) is -0.539. The number of fused-ring (bicyclic) bond motifs is 2. The summed E-state index contributed by atoms with van der Waals surface area (Å²) in [5, 5.41) is 24.1. The van der Waals surface area contributed by atoms with Gasteiger partial charge in [0.15, 0.2) is 0 Å². The molecule has 3 saturated heterocycles. The van der Waals surface area contributed by atoms with Crippen LogP contribution < -0.4 is 21.0 Å². The molecule has 1 aromatic carbocycles. The number of H-pyrrole nitrogens is 1. The van der Waals surface area contributed by atoms with Crippen LogP contribution >= 0.6 is 11.8 Å². The van der Waals surface area contributed by atoms with Gasteiger partial charge in [0.05, 0.1) is 5.39 Å². The molecule has 2 aromatic heterocycles. The van der Waals surface area contributed by atoms with E-state index in [9.17, 15) is 39.0 Å². The lowest BCUT2D eigenvalue weighted by molar-refractivity contribution is -0.161. The van der Waals surface area contributed by atoms with Crippen molar-refractivity contribution in [2.75, 3.05) is 31.1 Å². The van der Waals surface area contributed by atoms with Gasteiger partial charge in [-0.2, -0.15) is 4.98 Å². The Kier molecular flexibility index (Phi) is 7.79. The summed E-state index contributed by atoms with van der Waals surface area (Å²) in [6.07, 6.45) is 3.27. The molecule has 0 aliphatic carbocycles. The summed E-state index contributed by atoms with van der Waals surface area (Å²) in [7, 11) is 0. The van der Waals surface area contributed by atoms with Gasteiger partial charge in [0, 0.05) is 43.3 Å². The Morgan fingerprint density at radius 2 is 1.83 bits per heavy atom. The van der Waals surface area contributed by atoms with Gasteiger partial charge in [-0.25, -0.2) is 9.78 Å². The highest BCUT2D eigenvalue weighted by molar-refractivity contribution is 8.01. The first-order chi connectivity index (χ1) is 21.9. The number of pyridine rings is 1. The van der Waals surface area contributed by atoms with Gasteiger partial charge in [-0.15, -0.1) is 11.8 Å². The molecule has 3 fully saturated rings. The summed E-state index contributed by atoms with van der Waals surface area (Å²) in [6, 6.07) is 1.98. The summed E-state index contributed by atoms with van der Waals surface area (Å²) in [5.74, 6) is -3.09. The Labute approximate surface area is 265 Å². The van der Waals surface area contributed by atoms with Crippen molar-refractivity contribution in [3.8, 4) is 5.75 Å². The van der Waals surface area contributed by atoms with Gasteiger partial charge < -0.3 is 40.5 Å². The summed E-state index contributed by atoms with van der Waals surface area (Å²) >= 11 is 1.25. The number of thioether (sulfide) groups is 1. The fraction of sp³-hybridized carbons (Fsp3) is 0.379. The molecule has 0 saturated carbocycles. The van der Waals surface area contributed by atoms with Crippen LogP contribution in [0, 0.1) is 0 Å². The van der Waals surface area contributed by atoms with E-state index in [1.807, 2.05) is 4.90 Å². The van der Waals surface area contributed by atoms with E-state index in [1.54, 1.807) is 18.7 Å². The molecular weight excluding hydrogens is 620 g/mol. The Morgan fingerprint density at radius 1 is 1.13 bits per heavy atom. The predicted molar refractivity (Wildman–Crippen MR) is 164 cm³/mol. The van der Waals surface area contributed by atoms with E-state index in [2.05, 4.69) is 25.6 Å². The second kappa shape index (κ2) is 11.6. The maximum absolute atomic E-state index is 13.6. The lowest BCUT2D eigenvalue weighted by Gasteiger charge is -2.44. The average Bonchev–Trinajstić information content (AvgIpc) is 3.30. The monoisotopic (exact) mass is 650 g/mol. The van der Waals surface area contributed by atoms with Crippen LogP contribution in [0.4, 0.5) is 5.95 Å². The van der Waals surface area contributed by atoms with Crippen molar-refractivity contribution in [2.24, 2.45) is 0 Å².